The van der Waals surface area contributed by atoms with Crippen molar-refractivity contribution in [1.29, 1.82) is 0 Å². The molecule has 0 bridgehead atoms. The first-order valence-electron chi connectivity index (χ1n) is 3.89. The molecule has 6 nitrogen and oxygen atoms in total. The van der Waals surface area contributed by atoms with Crippen LogP contribution in [-0.2, 0) is 8.53 Å². The van der Waals surface area contributed by atoms with Gasteiger partial charge in [-0.1, -0.05) is 0 Å². The van der Waals surface area contributed by atoms with Gasteiger partial charge in [0.2, 0.25) is 0 Å². The molecule has 1 amide bonds. The summed E-state index contributed by atoms with van der Waals surface area (Å²) in [7, 11) is 0. The predicted molar refractivity (Wildman–Crippen MR) is 51.8 cm³/mol. The molecule has 1 aromatic rings. The number of hydrogen-bond donors (Lipinski definition) is 4. The summed E-state index contributed by atoms with van der Waals surface area (Å²) in [4.78, 5) is 10.8. The average molecular weight is 274 g/mol. The van der Waals surface area contributed by atoms with Crippen LogP contribution in [0.3, 0.4) is 0 Å². The molecule has 0 aliphatic rings. The number of rotatable bonds is 2. The molecule has 1 radical (unpaired) electrons. The normalized spacial score (nSPS) is 11.1. The minimum absolute atomic E-state index is 0.116. The van der Waals surface area contributed by atoms with Gasteiger partial charge in [0.1, 0.15) is 0 Å². The molecule has 0 saturated carbocycles. The fourth-order valence-electron chi connectivity index (χ4n) is 1.00. The van der Waals surface area contributed by atoms with E-state index >= 15 is 0 Å². The van der Waals surface area contributed by atoms with Crippen molar-refractivity contribution in [3.8, 4) is 5.75 Å². The molecule has 0 atom stereocenters. The van der Waals surface area contributed by atoms with E-state index in [-0.39, 0.29) is 15.8 Å². The van der Waals surface area contributed by atoms with Crippen LogP contribution in [0.25, 0.3) is 0 Å². The summed E-state index contributed by atoms with van der Waals surface area (Å²) < 4.78 is 28.6. The number of carbonyl (C=O) groups is 1. The third kappa shape index (κ3) is 3.12. The van der Waals surface area contributed by atoms with Crippen molar-refractivity contribution in [1.82, 2.24) is 0 Å². The van der Waals surface area contributed by atoms with Gasteiger partial charge in [-0.2, -0.15) is 0 Å². The Morgan fingerprint density at radius 2 is 2.13 bits per heavy atom. The molecule has 15 heavy (non-hydrogen) atoms. The molecule has 0 fully saturated rings. The molecular formula is C8H9AsNO5. The molecular weight excluding hydrogens is 265 g/mol. The van der Waals surface area contributed by atoms with Gasteiger partial charge in [0.05, 0.1) is 0 Å². The molecule has 0 aliphatic carbocycles. The third-order valence-corrected chi connectivity index (χ3v) is 3.50. The van der Waals surface area contributed by atoms with Crippen LogP contribution in [0.2, 0.25) is 0 Å². The van der Waals surface area contributed by atoms with Crippen LogP contribution in [0, 0.1) is 6.07 Å². The van der Waals surface area contributed by atoms with Crippen LogP contribution in [0.1, 0.15) is 6.92 Å². The Morgan fingerprint density at radius 3 is 2.60 bits per heavy atom. The van der Waals surface area contributed by atoms with Gasteiger partial charge in [-0.15, -0.1) is 0 Å². The van der Waals surface area contributed by atoms with E-state index in [2.05, 4.69) is 11.4 Å². The van der Waals surface area contributed by atoms with E-state index in [0.29, 0.717) is 0 Å². The fourth-order valence-corrected chi connectivity index (χ4v) is 2.40. The Kier molecular flexibility index (Phi) is 3.24. The van der Waals surface area contributed by atoms with Crippen LogP contribution in [0.4, 0.5) is 5.69 Å². The van der Waals surface area contributed by atoms with Crippen molar-refractivity contribution in [3.05, 3.63) is 18.2 Å². The summed E-state index contributed by atoms with van der Waals surface area (Å²) in [5, 5.41) is 11.3. The quantitative estimate of drug-likeness (QED) is 0.502. The van der Waals surface area contributed by atoms with Crippen LogP contribution >= 0.6 is 0 Å². The number of phenols is 1. The van der Waals surface area contributed by atoms with Gasteiger partial charge in [-0.05, 0) is 0 Å². The number of carbonyl (C=O) groups excluding carboxylic acids is 1. The van der Waals surface area contributed by atoms with Gasteiger partial charge < -0.3 is 0 Å². The molecule has 0 unspecified atom stereocenters. The monoisotopic (exact) mass is 274 g/mol. The molecule has 81 valence electrons. The molecule has 0 heterocycles. The van der Waals surface area contributed by atoms with Gasteiger partial charge in [0.25, 0.3) is 0 Å². The van der Waals surface area contributed by atoms with Crippen molar-refractivity contribution < 1.29 is 21.8 Å². The van der Waals surface area contributed by atoms with E-state index in [1.807, 2.05) is 0 Å². The van der Waals surface area contributed by atoms with E-state index in [1.54, 1.807) is 0 Å². The standard InChI is InChI=1S/C8H9AsNO5/c1-5(11)10-8-4-6(12)2-3-7(8)9(13,14)15/h2,4,12H,1H3,(H,10,11)(H2,13,14,15). The zero-order valence-corrected chi connectivity index (χ0v) is 9.64. The summed E-state index contributed by atoms with van der Waals surface area (Å²) in [6.07, 6.45) is 0. The summed E-state index contributed by atoms with van der Waals surface area (Å²) in [5.74, 6) is -0.717. The number of amides is 1. The third-order valence-electron chi connectivity index (χ3n) is 1.51. The topological polar surface area (TPSA) is 107 Å². The molecule has 0 aliphatic heterocycles. The number of benzene rings is 1. The molecule has 0 spiro atoms. The molecule has 1 rings (SSSR count). The second kappa shape index (κ2) is 4.10. The zero-order chi connectivity index (χ0) is 11.6. The summed E-state index contributed by atoms with van der Waals surface area (Å²) in [6, 6.07) is 4.34. The number of anilines is 1. The molecule has 7 heteroatoms. The predicted octanol–water partition coefficient (Wildman–Crippen LogP) is -1.29. The van der Waals surface area contributed by atoms with Gasteiger partial charge >= 0.3 is 88.1 Å². The van der Waals surface area contributed by atoms with Crippen LogP contribution in [0.5, 0.6) is 5.75 Å². The van der Waals surface area contributed by atoms with E-state index in [1.165, 1.54) is 6.92 Å². The van der Waals surface area contributed by atoms with Crippen molar-refractivity contribution in [2.75, 3.05) is 5.32 Å². The summed E-state index contributed by atoms with van der Waals surface area (Å²) in [5.41, 5.74) is -0.116. The Labute approximate surface area is 88.6 Å². The van der Waals surface area contributed by atoms with Crippen LogP contribution in [-0.4, -0.2) is 33.4 Å². The first kappa shape index (κ1) is 11.8. The summed E-state index contributed by atoms with van der Waals surface area (Å²) >= 11 is -5.14. The van der Waals surface area contributed by atoms with E-state index in [0.717, 1.165) is 12.1 Å². The van der Waals surface area contributed by atoms with Gasteiger partial charge in [0.15, 0.2) is 0 Å². The van der Waals surface area contributed by atoms with Crippen molar-refractivity contribution in [3.63, 3.8) is 0 Å². The Balaban J connectivity index is 3.27. The van der Waals surface area contributed by atoms with Gasteiger partial charge in [-0.3, -0.25) is 0 Å². The van der Waals surface area contributed by atoms with Crippen LogP contribution < -0.4 is 9.67 Å². The molecule has 0 aromatic heterocycles. The number of aromatic hydroxyl groups is 1. The van der Waals surface area contributed by atoms with Gasteiger partial charge in [-0.25, -0.2) is 0 Å². The second-order valence-corrected chi connectivity index (χ2v) is 6.07. The maximum absolute atomic E-state index is 11.0. The van der Waals surface area contributed by atoms with E-state index in [4.69, 9.17) is 13.3 Å². The van der Waals surface area contributed by atoms with E-state index in [9.17, 15) is 8.53 Å². The average Bonchev–Trinajstić information content (AvgIpc) is 1.99. The first-order chi connectivity index (χ1) is 6.80. The molecule has 4 N–H and O–H groups in total. The Bertz CT molecular complexity index is 439. The zero-order valence-electron chi connectivity index (χ0n) is 7.76. The Morgan fingerprint density at radius 1 is 1.53 bits per heavy atom. The van der Waals surface area contributed by atoms with E-state index < -0.39 is 20.1 Å². The molecule has 1 aromatic carbocycles. The first-order valence-corrected chi connectivity index (χ1v) is 7.27. The SMILES string of the molecule is CC(=O)Nc1cc(O)c[c]c1[As](=O)(O)O. The number of phenolic OH excluding ortho intramolecular Hbond substituents is 1. The second-order valence-electron chi connectivity index (χ2n) is 2.85. The number of hydrogen-bond acceptors (Lipinski definition) is 3. The summed E-state index contributed by atoms with van der Waals surface area (Å²) in [6.45, 7) is 1.19. The number of nitrogens with one attached hydrogen (secondary N) is 1. The fraction of sp³-hybridized carbons (Fsp3) is 0.125. The van der Waals surface area contributed by atoms with Crippen molar-refractivity contribution in [2.45, 2.75) is 6.92 Å². The van der Waals surface area contributed by atoms with Crippen molar-refractivity contribution >= 4 is 30.1 Å². The van der Waals surface area contributed by atoms with Crippen LogP contribution in [0.15, 0.2) is 12.1 Å². The maximum atomic E-state index is 11.0. The molecule has 0 saturated heterocycles. The minimum atomic E-state index is -5.14. The van der Waals surface area contributed by atoms with Gasteiger partial charge in [0, 0.05) is 0 Å². The Hall–Kier alpha value is -1.23. The van der Waals surface area contributed by atoms with Crippen molar-refractivity contribution in [2.24, 2.45) is 0 Å².